The van der Waals surface area contributed by atoms with Crippen molar-refractivity contribution in [2.45, 2.75) is 37.1 Å². The normalized spacial score (nSPS) is 14.0. The molecule has 0 aromatic heterocycles. The Balaban J connectivity index is 2.81. The molecule has 21 heavy (non-hydrogen) atoms. The van der Waals surface area contributed by atoms with Crippen molar-refractivity contribution >= 4 is 10.0 Å². The largest absolute Gasteiger partial charge is 0.573 e. The van der Waals surface area contributed by atoms with Crippen LogP contribution in [0, 0.1) is 0 Å². The average Bonchev–Trinajstić information content (AvgIpc) is 2.35. The summed E-state index contributed by atoms with van der Waals surface area (Å²) in [6.45, 7) is 1.62. The molecule has 0 bridgehead atoms. The SMILES string of the molecule is CCCC(O)CNS(=O)(=O)c1cccc(OC(F)(F)F)c1. The highest BCUT2D eigenvalue weighted by molar-refractivity contribution is 7.89. The van der Waals surface area contributed by atoms with E-state index >= 15 is 0 Å². The first-order valence-corrected chi connectivity index (χ1v) is 7.66. The van der Waals surface area contributed by atoms with Gasteiger partial charge in [0, 0.05) is 12.6 Å². The summed E-state index contributed by atoms with van der Waals surface area (Å²) in [4.78, 5) is -0.368. The molecule has 1 rings (SSSR count). The van der Waals surface area contributed by atoms with Crippen molar-refractivity contribution in [3.8, 4) is 5.75 Å². The predicted molar refractivity (Wildman–Crippen MR) is 69.2 cm³/mol. The second kappa shape index (κ2) is 7.10. The van der Waals surface area contributed by atoms with Gasteiger partial charge in [-0.2, -0.15) is 0 Å². The maximum Gasteiger partial charge on any atom is 0.573 e. The third-order valence-electron chi connectivity index (χ3n) is 2.48. The summed E-state index contributed by atoms with van der Waals surface area (Å²) in [5.41, 5.74) is 0. The zero-order chi connectivity index (χ0) is 16.1. The molecule has 1 unspecified atom stereocenters. The fourth-order valence-electron chi connectivity index (χ4n) is 1.56. The number of rotatable bonds is 7. The highest BCUT2D eigenvalue weighted by Crippen LogP contribution is 2.24. The lowest BCUT2D eigenvalue weighted by Crippen LogP contribution is -2.32. The zero-order valence-electron chi connectivity index (χ0n) is 11.2. The van der Waals surface area contributed by atoms with Gasteiger partial charge in [0.05, 0.1) is 11.0 Å². The molecule has 0 aliphatic heterocycles. The second-order valence-corrected chi connectivity index (χ2v) is 6.08. The molecule has 0 amide bonds. The molecule has 0 spiro atoms. The predicted octanol–water partition coefficient (Wildman–Crippen LogP) is 2.02. The third-order valence-corrected chi connectivity index (χ3v) is 3.90. The summed E-state index contributed by atoms with van der Waals surface area (Å²) in [5, 5.41) is 9.47. The Hall–Kier alpha value is -1.32. The van der Waals surface area contributed by atoms with Crippen LogP contribution in [0.3, 0.4) is 0 Å². The van der Waals surface area contributed by atoms with E-state index in [0.29, 0.717) is 12.8 Å². The van der Waals surface area contributed by atoms with Gasteiger partial charge in [-0.15, -0.1) is 13.2 Å². The number of benzene rings is 1. The highest BCUT2D eigenvalue weighted by atomic mass is 32.2. The molecule has 0 aliphatic carbocycles. The van der Waals surface area contributed by atoms with Crippen LogP contribution < -0.4 is 9.46 Å². The van der Waals surface area contributed by atoms with E-state index in [0.717, 1.165) is 24.3 Å². The number of hydrogen-bond donors (Lipinski definition) is 2. The first-order chi connectivity index (χ1) is 9.64. The smallest absolute Gasteiger partial charge is 0.406 e. The highest BCUT2D eigenvalue weighted by Gasteiger charge is 2.31. The van der Waals surface area contributed by atoms with Gasteiger partial charge >= 0.3 is 6.36 Å². The van der Waals surface area contributed by atoms with Crippen LogP contribution in [-0.2, 0) is 10.0 Å². The number of aliphatic hydroxyl groups is 1. The van der Waals surface area contributed by atoms with Gasteiger partial charge in [0.2, 0.25) is 10.0 Å². The first-order valence-electron chi connectivity index (χ1n) is 6.17. The van der Waals surface area contributed by atoms with E-state index in [-0.39, 0.29) is 11.4 Å². The van der Waals surface area contributed by atoms with Crippen molar-refractivity contribution in [3.05, 3.63) is 24.3 Å². The lowest BCUT2D eigenvalue weighted by Gasteiger charge is -2.13. The molecule has 0 heterocycles. The van der Waals surface area contributed by atoms with Crippen LogP contribution in [0.5, 0.6) is 5.75 Å². The Morgan fingerprint density at radius 3 is 2.62 bits per heavy atom. The molecule has 1 aromatic carbocycles. The second-order valence-electron chi connectivity index (χ2n) is 4.32. The van der Waals surface area contributed by atoms with Crippen molar-refractivity contribution in [1.29, 1.82) is 0 Å². The van der Waals surface area contributed by atoms with Gasteiger partial charge in [0.25, 0.3) is 0 Å². The molecule has 0 radical (unpaired) electrons. The van der Waals surface area contributed by atoms with Crippen LogP contribution in [0.2, 0.25) is 0 Å². The minimum atomic E-state index is -4.90. The van der Waals surface area contributed by atoms with E-state index < -0.39 is 28.2 Å². The van der Waals surface area contributed by atoms with Gasteiger partial charge in [-0.3, -0.25) is 0 Å². The summed E-state index contributed by atoms with van der Waals surface area (Å²) >= 11 is 0. The van der Waals surface area contributed by atoms with Crippen LogP contribution in [0.4, 0.5) is 13.2 Å². The topological polar surface area (TPSA) is 75.6 Å². The summed E-state index contributed by atoms with van der Waals surface area (Å²) < 4.78 is 65.9. The molecular weight excluding hydrogens is 311 g/mol. The molecular formula is C12H16F3NO4S. The van der Waals surface area contributed by atoms with Crippen LogP contribution >= 0.6 is 0 Å². The number of halogens is 3. The van der Waals surface area contributed by atoms with E-state index in [2.05, 4.69) is 9.46 Å². The van der Waals surface area contributed by atoms with E-state index in [1.54, 1.807) is 0 Å². The van der Waals surface area contributed by atoms with E-state index in [1.165, 1.54) is 0 Å². The Labute approximate surface area is 120 Å². The van der Waals surface area contributed by atoms with Gasteiger partial charge in [-0.25, -0.2) is 13.1 Å². The first kappa shape index (κ1) is 17.7. The summed E-state index contributed by atoms with van der Waals surface area (Å²) in [6, 6.07) is 4.04. The van der Waals surface area contributed by atoms with Crippen molar-refractivity contribution in [1.82, 2.24) is 4.72 Å². The standard InChI is InChI=1S/C12H16F3NO4S/c1-2-4-9(17)8-16-21(18,19)11-6-3-5-10(7-11)20-12(13,14)15/h3,5-7,9,16-17H,2,4,8H2,1H3. The molecule has 0 fully saturated rings. The summed E-state index contributed by atoms with van der Waals surface area (Å²) in [5.74, 6) is -0.625. The van der Waals surface area contributed by atoms with Crippen molar-refractivity contribution in [2.24, 2.45) is 0 Å². The minimum absolute atomic E-state index is 0.208. The van der Waals surface area contributed by atoms with Crippen LogP contribution in [-0.4, -0.2) is 32.5 Å². The Morgan fingerprint density at radius 1 is 1.38 bits per heavy atom. The molecule has 9 heteroatoms. The quantitative estimate of drug-likeness (QED) is 0.803. The third kappa shape index (κ3) is 6.32. The van der Waals surface area contributed by atoms with E-state index in [1.807, 2.05) is 6.92 Å². The van der Waals surface area contributed by atoms with Crippen molar-refractivity contribution in [2.75, 3.05) is 6.54 Å². The maximum atomic E-state index is 12.1. The summed E-state index contributed by atoms with van der Waals surface area (Å²) in [7, 11) is -4.01. The maximum absolute atomic E-state index is 12.1. The van der Waals surface area contributed by atoms with Gasteiger partial charge in [-0.1, -0.05) is 19.4 Å². The molecule has 0 saturated heterocycles. The minimum Gasteiger partial charge on any atom is -0.406 e. The lowest BCUT2D eigenvalue weighted by atomic mass is 10.2. The molecule has 1 atom stereocenters. The number of nitrogens with one attached hydrogen (secondary N) is 1. The monoisotopic (exact) mass is 327 g/mol. The van der Waals surface area contributed by atoms with Crippen LogP contribution in [0.1, 0.15) is 19.8 Å². The van der Waals surface area contributed by atoms with Crippen LogP contribution in [0.15, 0.2) is 29.2 Å². The lowest BCUT2D eigenvalue weighted by molar-refractivity contribution is -0.274. The fraction of sp³-hybridized carbons (Fsp3) is 0.500. The van der Waals surface area contributed by atoms with Gasteiger partial charge in [-0.05, 0) is 18.6 Å². The Bertz CT molecular complexity index is 560. The summed E-state index contributed by atoms with van der Waals surface area (Å²) in [6.07, 6.45) is -4.65. The van der Waals surface area contributed by atoms with Crippen molar-refractivity contribution in [3.63, 3.8) is 0 Å². The number of alkyl halides is 3. The van der Waals surface area contributed by atoms with E-state index in [9.17, 15) is 26.7 Å². The van der Waals surface area contributed by atoms with E-state index in [4.69, 9.17) is 0 Å². The molecule has 1 aromatic rings. The van der Waals surface area contributed by atoms with Crippen molar-refractivity contribution < 1.29 is 31.4 Å². The number of hydrogen-bond acceptors (Lipinski definition) is 4. The molecule has 120 valence electrons. The van der Waals surface area contributed by atoms with Gasteiger partial charge in [0.1, 0.15) is 5.75 Å². The number of sulfonamides is 1. The number of ether oxygens (including phenoxy) is 1. The molecule has 5 nitrogen and oxygen atoms in total. The average molecular weight is 327 g/mol. The van der Waals surface area contributed by atoms with Gasteiger partial charge in [0.15, 0.2) is 0 Å². The van der Waals surface area contributed by atoms with Gasteiger partial charge < -0.3 is 9.84 Å². The number of aliphatic hydroxyl groups excluding tert-OH is 1. The van der Waals surface area contributed by atoms with Crippen LogP contribution in [0.25, 0.3) is 0 Å². The zero-order valence-corrected chi connectivity index (χ0v) is 12.0. The molecule has 0 saturated carbocycles. The Kier molecular flexibility index (Phi) is 5.99. The Morgan fingerprint density at radius 2 is 2.05 bits per heavy atom. The molecule has 2 N–H and O–H groups in total. The molecule has 0 aliphatic rings. The fourth-order valence-corrected chi connectivity index (χ4v) is 2.67.